The van der Waals surface area contributed by atoms with Gasteiger partial charge in [-0.15, -0.1) is 10.2 Å². The van der Waals surface area contributed by atoms with Gasteiger partial charge in [0.2, 0.25) is 11.8 Å². The van der Waals surface area contributed by atoms with E-state index >= 15 is 0 Å². The molecule has 6 rings (SSSR count). The van der Waals surface area contributed by atoms with E-state index in [0.717, 1.165) is 24.1 Å². The van der Waals surface area contributed by atoms with Crippen LogP contribution < -0.4 is 5.32 Å². The molecular formula is C16H20F3N3O3. The van der Waals surface area contributed by atoms with Gasteiger partial charge < -0.3 is 14.8 Å². The van der Waals surface area contributed by atoms with Gasteiger partial charge in [-0.2, -0.15) is 13.2 Å². The molecule has 2 heterocycles. The van der Waals surface area contributed by atoms with Gasteiger partial charge in [-0.25, -0.2) is 4.79 Å². The van der Waals surface area contributed by atoms with Gasteiger partial charge >= 0.3 is 12.1 Å². The Hall–Kier alpha value is -1.64. The van der Waals surface area contributed by atoms with Crippen LogP contribution in [-0.2, 0) is 11.2 Å². The summed E-state index contributed by atoms with van der Waals surface area (Å²) >= 11 is 0. The van der Waals surface area contributed by atoms with Crippen molar-refractivity contribution in [2.45, 2.75) is 50.6 Å². The van der Waals surface area contributed by atoms with Crippen LogP contribution >= 0.6 is 0 Å². The van der Waals surface area contributed by atoms with Crippen LogP contribution in [0.1, 0.15) is 49.8 Å². The third-order valence-electron chi connectivity index (χ3n) is 6.01. The molecule has 6 nitrogen and oxygen atoms in total. The topological polar surface area (TPSA) is 88.3 Å². The van der Waals surface area contributed by atoms with Gasteiger partial charge in [0, 0.05) is 12.3 Å². The van der Waals surface area contributed by atoms with E-state index in [9.17, 15) is 13.2 Å². The van der Waals surface area contributed by atoms with Gasteiger partial charge in [0.05, 0.1) is 0 Å². The Morgan fingerprint density at radius 1 is 1.24 bits per heavy atom. The number of aliphatic carboxylic acids is 1. The molecule has 1 aromatic heterocycles. The Balaban J connectivity index is 0.000000195. The zero-order valence-electron chi connectivity index (χ0n) is 13.6. The second-order valence-corrected chi connectivity index (χ2v) is 8.04. The molecule has 2 bridgehead atoms. The highest BCUT2D eigenvalue weighted by Crippen LogP contribution is 2.77. The minimum absolute atomic E-state index is 0.545. The molecule has 1 aliphatic heterocycles. The quantitative estimate of drug-likeness (QED) is 0.859. The van der Waals surface area contributed by atoms with Crippen molar-refractivity contribution in [3.05, 3.63) is 11.8 Å². The van der Waals surface area contributed by atoms with E-state index < -0.39 is 12.1 Å². The SMILES string of the molecule is C1CC1c1nnc(CC23CC(C4CNC4)(C2)C3)o1.O=C(O)C(F)(F)F. The number of alkyl halides is 3. The number of carboxylic acid groups (broad SMARTS) is 1. The van der Waals surface area contributed by atoms with Gasteiger partial charge in [0.15, 0.2) is 0 Å². The molecule has 0 radical (unpaired) electrons. The first kappa shape index (κ1) is 16.8. The van der Waals surface area contributed by atoms with Crippen molar-refractivity contribution < 1.29 is 27.5 Å². The predicted molar refractivity (Wildman–Crippen MR) is 78.7 cm³/mol. The molecule has 1 aromatic rings. The van der Waals surface area contributed by atoms with Crippen LogP contribution in [0.4, 0.5) is 13.2 Å². The highest BCUT2D eigenvalue weighted by atomic mass is 19.4. The molecule has 2 N–H and O–H groups in total. The fraction of sp³-hybridized carbons (Fsp3) is 0.812. The molecule has 0 atom stereocenters. The van der Waals surface area contributed by atoms with Gasteiger partial charge in [-0.1, -0.05) is 0 Å². The number of nitrogens with one attached hydrogen (secondary N) is 1. The van der Waals surface area contributed by atoms with E-state index in [1.165, 1.54) is 45.2 Å². The van der Waals surface area contributed by atoms with Crippen molar-refractivity contribution >= 4 is 5.97 Å². The van der Waals surface area contributed by atoms with E-state index in [1.807, 2.05) is 0 Å². The molecular weight excluding hydrogens is 339 g/mol. The smallest absolute Gasteiger partial charge is 0.475 e. The van der Waals surface area contributed by atoms with Crippen molar-refractivity contribution in [1.29, 1.82) is 0 Å². The molecule has 138 valence electrons. The van der Waals surface area contributed by atoms with E-state index in [4.69, 9.17) is 14.3 Å². The van der Waals surface area contributed by atoms with Crippen molar-refractivity contribution in [3.63, 3.8) is 0 Å². The number of carboxylic acids is 1. The van der Waals surface area contributed by atoms with E-state index in [1.54, 1.807) is 0 Å². The van der Waals surface area contributed by atoms with Crippen LogP contribution in [0.3, 0.4) is 0 Å². The zero-order valence-corrected chi connectivity index (χ0v) is 13.6. The van der Waals surface area contributed by atoms with Crippen molar-refractivity contribution in [3.8, 4) is 0 Å². The van der Waals surface area contributed by atoms with Crippen molar-refractivity contribution in [2.24, 2.45) is 16.7 Å². The highest BCUT2D eigenvalue weighted by Gasteiger charge is 2.70. The molecule has 0 spiro atoms. The number of hydrogen-bond acceptors (Lipinski definition) is 5. The van der Waals surface area contributed by atoms with E-state index in [-0.39, 0.29) is 0 Å². The number of rotatable bonds is 4. The summed E-state index contributed by atoms with van der Waals surface area (Å²) in [6.45, 7) is 2.50. The summed E-state index contributed by atoms with van der Waals surface area (Å²) in [7, 11) is 0. The van der Waals surface area contributed by atoms with E-state index in [2.05, 4.69) is 15.5 Å². The Kier molecular flexibility index (Phi) is 3.65. The molecule has 0 aromatic carbocycles. The van der Waals surface area contributed by atoms with Crippen molar-refractivity contribution in [2.75, 3.05) is 13.1 Å². The normalized spacial score (nSPS) is 33.4. The third kappa shape index (κ3) is 3.02. The summed E-state index contributed by atoms with van der Waals surface area (Å²) in [5, 5.41) is 19.0. The summed E-state index contributed by atoms with van der Waals surface area (Å²) in [5.74, 6) is 0.592. The van der Waals surface area contributed by atoms with E-state index in [0.29, 0.717) is 16.7 Å². The largest absolute Gasteiger partial charge is 0.490 e. The van der Waals surface area contributed by atoms with Crippen LogP contribution in [0.25, 0.3) is 0 Å². The van der Waals surface area contributed by atoms with Gasteiger partial charge in [0.25, 0.3) is 0 Å². The standard InChI is InChI=1S/C14H19N3O.C2HF3O2/c1-2-9(1)12-17-16-11(18-12)3-13-6-14(7-13,8-13)10-4-15-5-10;3-2(4,5)1(6)7/h9-10,15H,1-8H2;(H,6,7). The molecule has 1 saturated heterocycles. The molecule has 25 heavy (non-hydrogen) atoms. The van der Waals surface area contributed by atoms with Gasteiger partial charge in [-0.3, -0.25) is 0 Å². The molecule has 5 aliphatic rings. The molecule has 9 heteroatoms. The highest BCUT2D eigenvalue weighted by molar-refractivity contribution is 5.73. The van der Waals surface area contributed by atoms with Crippen molar-refractivity contribution in [1.82, 2.24) is 15.5 Å². The Morgan fingerprint density at radius 3 is 2.28 bits per heavy atom. The summed E-state index contributed by atoms with van der Waals surface area (Å²) < 4.78 is 37.5. The lowest BCUT2D eigenvalue weighted by Gasteiger charge is -2.75. The first-order valence-electron chi connectivity index (χ1n) is 8.55. The third-order valence-corrected chi connectivity index (χ3v) is 6.01. The first-order chi connectivity index (χ1) is 11.7. The molecule has 0 amide bonds. The Morgan fingerprint density at radius 2 is 1.84 bits per heavy atom. The number of carbonyl (C=O) groups is 1. The maximum absolute atomic E-state index is 10.6. The second kappa shape index (κ2) is 5.43. The fourth-order valence-electron chi connectivity index (χ4n) is 4.58. The summed E-state index contributed by atoms with van der Waals surface area (Å²) in [6, 6.07) is 0. The monoisotopic (exact) mass is 359 g/mol. The van der Waals surface area contributed by atoms with Crippen LogP contribution in [0.5, 0.6) is 0 Å². The Bertz CT molecular complexity index is 660. The zero-order chi connectivity index (χ0) is 17.9. The molecule has 4 saturated carbocycles. The van der Waals surface area contributed by atoms with Gasteiger partial charge in [0.1, 0.15) is 0 Å². The fourth-order valence-corrected chi connectivity index (χ4v) is 4.58. The lowest BCUT2D eigenvalue weighted by molar-refractivity contribution is -0.244. The summed E-state index contributed by atoms with van der Waals surface area (Å²) in [4.78, 5) is 8.90. The lowest BCUT2D eigenvalue weighted by Crippen LogP contribution is -2.70. The first-order valence-corrected chi connectivity index (χ1v) is 8.55. The number of nitrogens with zero attached hydrogens (tertiary/aromatic N) is 2. The molecule has 5 fully saturated rings. The van der Waals surface area contributed by atoms with Crippen LogP contribution in [0, 0.1) is 16.7 Å². The minimum atomic E-state index is -5.08. The average Bonchev–Trinajstić information content (AvgIpc) is 3.13. The van der Waals surface area contributed by atoms with Crippen LogP contribution in [0.2, 0.25) is 0 Å². The Labute approximate surface area is 142 Å². The van der Waals surface area contributed by atoms with Gasteiger partial charge in [-0.05, 0) is 61.9 Å². The predicted octanol–water partition coefficient (Wildman–Crippen LogP) is 2.51. The second-order valence-electron chi connectivity index (χ2n) is 8.04. The summed E-state index contributed by atoms with van der Waals surface area (Å²) in [6.07, 6.45) is 2.66. The summed E-state index contributed by atoms with van der Waals surface area (Å²) in [5.41, 5.74) is 1.26. The maximum Gasteiger partial charge on any atom is 0.490 e. The number of aromatic nitrogens is 2. The number of halogens is 3. The van der Waals surface area contributed by atoms with Crippen LogP contribution in [0.15, 0.2) is 4.42 Å². The van der Waals surface area contributed by atoms with Crippen LogP contribution in [-0.4, -0.2) is 40.5 Å². The number of hydrogen-bond donors (Lipinski definition) is 2. The minimum Gasteiger partial charge on any atom is -0.475 e. The lowest BCUT2D eigenvalue weighted by atomic mass is 9.31. The maximum atomic E-state index is 10.6. The molecule has 0 unspecified atom stereocenters. The average molecular weight is 359 g/mol. The molecule has 4 aliphatic carbocycles.